The van der Waals surface area contributed by atoms with E-state index in [1.807, 2.05) is 23.6 Å². The monoisotopic (exact) mass is 354 g/mol. The van der Waals surface area contributed by atoms with Crippen molar-refractivity contribution in [1.82, 2.24) is 10.6 Å². The van der Waals surface area contributed by atoms with Gasteiger partial charge < -0.3 is 10.6 Å². The van der Waals surface area contributed by atoms with Crippen LogP contribution in [0.1, 0.15) is 47.3 Å². The molecule has 3 rings (SSSR count). The second-order valence-electron chi connectivity index (χ2n) is 6.20. The minimum atomic E-state index is -0.276. The molecule has 0 bridgehead atoms. The van der Waals surface area contributed by atoms with Crippen LogP contribution in [0.4, 0.5) is 0 Å². The molecule has 2 N–H and O–H groups in total. The quantitative estimate of drug-likeness (QED) is 0.798. The summed E-state index contributed by atoms with van der Waals surface area (Å²) in [5.74, 6) is -0.494. The van der Waals surface area contributed by atoms with E-state index >= 15 is 0 Å². The van der Waals surface area contributed by atoms with Crippen molar-refractivity contribution < 1.29 is 9.59 Å². The average Bonchev–Trinajstić information content (AvgIpc) is 3.16. The molecule has 0 aliphatic heterocycles. The molecule has 1 saturated carbocycles. The van der Waals surface area contributed by atoms with Crippen molar-refractivity contribution in [2.75, 3.05) is 0 Å². The lowest BCUT2D eigenvalue weighted by Gasteiger charge is -2.23. The first-order valence-electron chi connectivity index (χ1n) is 8.65. The molecule has 2 aromatic rings. The minimum absolute atomic E-state index is 0.196. The third-order valence-electron chi connectivity index (χ3n) is 4.30. The van der Waals surface area contributed by atoms with Crippen molar-refractivity contribution in [2.45, 2.75) is 38.1 Å². The third kappa shape index (κ3) is 5.03. The number of hydrogen-bond donors (Lipinski definition) is 2. The summed E-state index contributed by atoms with van der Waals surface area (Å²) >= 11 is 1.53. The Morgan fingerprint density at radius 3 is 2.44 bits per heavy atom. The highest BCUT2D eigenvalue weighted by Gasteiger charge is 2.20. The van der Waals surface area contributed by atoms with Gasteiger partial charge in [0.25, 0.3) is 11.8 Å². The minimum Gasteiger partial charge on any atom is -0.348 e. The van der Waals surface area contributed by atoms with Gasteiger partial charge in [-0.25, -0.2) is 0 Å². The van der Waals surface area contributed by atoms with Gasteiger partial charge in [-0.1, -0.05) is 43.5 Å². The molecule has 0 spiro atoms. The van der Waals surface area contributed by atoms with Gasteiger partial charge in [0.2, 0.25) is 0 Å². The van der Waals surface area contributed by atoms with E-state index in [0.29, 0.717) is 11.3 Å². The molecular weight excluding hydrogens is 332 g/mol. The van der Waals surface area contributed by atoms with Crippen LogP contribution in [0, 0.1) is 0 Å². The first-order chi connectivity index (χ1) is 12.2. The maximum Gasteiger partial charge on any atom is 0.268 e. The number of hydrogen-bond acceptors (Lipinski definition) is 3. The van der Waals surface area contributed by atoms with Crippen LogP contribution < -0.4 is 10.6 Å². The van der Waals surface area contributed by atoms with Crippen LogP contribution in [0.3, 0.4) is 0 Å². The number of nitrogens with one attached hydrogen (secondary N) is 2. The van der Waals surface area contributed by atoms with Gasteiger partial charge in [-0.05, 0) is 42.5 Å². The van der Waals surface area contributed by atoms with Crippen LogP contribution in [-0.2, 0) is 4.79 Å². The molecule has 5 heteroatoms. The Labute approximate surface area is 152 Å². The summed E-state index contributed by atoms with van der Waals surface area (Å²) in [5.41, 5.74) is 0.826. The maximum atomic E-state index is 12.7. The highest BCUT2D eigenvalue weighted by Crippen LogP contribution is 2.18. The largest absolute Gasteiger partial charge is 0.348 e. The molecule has 1 aliphatic rings. The topological polar surface area (TPSA) is 58.2 Å². The zero-order valence-electron chi connectivity index (χ0n) is 14.0. The predicted octanol–water partition coefficient (Wildman–Crippen LogP) is 3.97. The molecule has 0 saturated heterocycles. The van der Waals surface area contributed by atoms with Crippen LogP contribution in [0.15, 0.2) is 53.5 Å². The summed E-state index contributed by atoms with van der Waals surface area (Å²) in [4.78, 5) is 26.1. The summed E-state index contributed by atoms with van der Waals surface area (Å²) in [6, 6.07) is 13.0. The summed E-state index contributed by atoms with van der Waals surface area (Å²) in [5, 5.41) is 7.79. The summed E-state index contributed by atoms with van der Waals surface area (Å²) in [7, 11) is 0. The highest BCUT2D eigenvalue weighted by molar-refractivity contribution is 7.10. The standard InChI is InChI=1S/C20H22N2O2S/c23-19(15-8-3-1-4-9-15)22-18(14-17-12-7-13-25-17)20(24)21-16-10-5-2-6-11-16/h1,3-4,7-9,12-14,16H,2,5-6,10-11H2,(H,21,24)(H,22,23)/b18-14+. The zero-order valence-corrected chi connectivity index (χ0v) is 14.9. The molecule has 1 fully saturated rings. The Bertz CT molecular complexity index is 732. The Hall–Kier alpha value is -2.40. The Balaban J connectivity index is 1.75. The van der Waals surface area contributed by atoms with E-state index in [4.69, 9.17) is 0 Å². The average molecular weight is 354 g/mol. The van der Waals surface area contributed by atoms with E-state index in [-0.39, 0.29) is 17.9 Å². The van der Waals surface area contributed by atoms with Crippen molar-refractivity contribution >= 4 is 29.2 Å². The number of carbonyl (C=O) groups excluding carboxylic acids is 2. The normalized spacial score (nSPS) is 15.6. The van der Waals surface area contributed by atoms with Gasteiger partial charge >= 0.3 is 0 Å². The lowest BCUT2D eigenvalue weighted by Crippen LogP contribution is -2.41. The third-order valence-corrected chi connectivity index (χ3v) is 5.12. The van der Waals surface area contributed by atoms with Gasteiger partial charge in [0.05, 0.1) is 0 Å². The zero-order chi connectivity index (χ0) is 17.5. The lowest BCUT2D eigenvalue weighted by molar-refractivity contribution is -0.118. The van der Waals surface area contributed by atoms with Crippen LogP contribution in [0.25, 0.3) is 6.08 Å². The Kier molecular flexibility index (Phi) is 6.01. The molecule has 0 atom stereocenters. The summed E-state index contributed by atoms with van der Waals surface area (Å²) in [6.07, 6.45) is 7.27. The van der Waals surface area contributed by atoms with Crippen LogP contribution >= 0.6 is 11.3 Å². The van der Waals surface area contributed by atoms with E-state index < -0.39 is 0 Å². The lowest BCUT2D eigenvalue weighted by atomic mass is 9.95. The van der Waals surface area contributed by atoms with Crippen LogP contribution in [0.5, 0.6) is 0 Å². The van der Waals surface area contributed by atoms with E-state index in [9.17, 15) is 9.59 Å². The molecule has 0 radical (unpaired) electrons. The van der Waals surface area contributed by atoms with Crippen LogP contribution in [-0.4, -0.2) is 17.9 Å². The van der Waals surface area contributed by atoms with Crippen molar-refractivity contribution in [3.05, 3.63) is 64.0 Å². The van der Waals surface area contributed by atoms with Crippen molar-refractivity contribution in [3.63, 3.8) is 0 Å². The molecule has 2 amide bonds. The summed E-state index contributed by atoms with van der Waals surface area (Å²) in [6.45, 7) is 0. The molecule has 0 unspecified atom stereocenters. The molecule has 130 valence electrons. The number of rotatable bonds is 5. The van der Waals surface area contributed by atoms with E-state index in [2.05, 4.69) is 10.6 Å². The van der Waals surface area contributed by atoms with Gasteiger partial charge in [0, 0.05) is 16.5 Å². The number of benzene rings is 1. The second kappa shape index (κ2) is 8.62. The maximum absolute atomic E-state index is 12.7. The smallest absolute Gasteiger partial charge is 0.268 e. The molecule has 1 heterocycles. The van der Waals surface area contributed by atoms with Gasteiger partial charge in [-0.15, -0.1) is 11.3 Å². The first-order valence-corrected chi connectivity index (χ1v) is 9.53. The van der Waals surface area contributed by atoms with Crippen LogP contribution in [0.2, 0.25) is 0 Å². The highest BCUT2D eigenvalue weighted by atomic mass is 32.1. The van der Waals surface area contributed by atoms with E-state index in [1.165, 1.54) is 17.8 Å². The summed E-state index contributed by atoms with van der Waals surface area (Å²) < 4.78 is 0. The Morgan fingerprint density at radius 1 is 1.00 bits per heavy atom. The SMILES string of the molecule is O=C(NC1CCCCC1)/C(=C\c1cccs1)NC(=O)c1ccccc1. The fraction of sp³-hybridized carbons (Fsp3) is 0.300. The van der Waals surface area contributed by atoms with Gasteiger partial charge in [-0.3, -0.25) is 9.59 Å². The number of carbonyl (C=O) groups is 2. The fourth-order valence-corrected chi connectivity index (χ4v) is 3.63. The second-order valence-corrected chi connectivity index (χ2v) is 7.18. The Morgan fingerprint density at radius 2 is 1.76 bits per heavy atom. The molecule has 25 heavy (non-hydrogen) atoms. The van der Waals surface area contributed by atoms with Crippen molar-refractivity contribution in [2.24, 2.45) is 0 Å². The van der Waals surface area contributed by atoms with Gasteiger partial charge in [0.1, 0.15) is 5.70 Å². The molecule has 1 aliphatic carbocycles. The number of thiophene rings is 1. The first kappa shape index (κ1) is 17.4. The van der Waals surface area contributed by atoms with E-state index in [0.717, 1.165) is 30.6 Å². The van der Waals surface area contributed by atoms with Crippen molar-refractivity contribution in [1.29, 1.82) is 0 Å². The fourth-order valence-electron chi connectivity index (χ4n) is 2.97. The molecular formula is C20H22N2O2S. The molecule has 1 aromatic heterocycles. The van der Waals surface area contributed by atoms with Crippen molar-refractivity contribution in [3.8, 4) is 0 Å². The van der Waals surface area contributed by atoms with E-state index in [1.54, 1.807) is 30.3 Å². The molecule has 1 aromatic carbocycles. The number of amides is 2. The van der Waals surface area contributed by atoms with Gasteiger partial charge in [-0.2, -0.15) is 0 Å². The molecule has 4 nitrogen and oxygen atoms in total. The predicted molar refractivity (Wildman–Crippen MR) is 101 cm³/mol. The van der Waals surface area contributed by atoms with Gasteiger partial charge in [0.15, 0.2) is 0 Å².